The largest absolute Gasteiger partial charge is 0.215 e. The molecule has 0 aliphatic heterocycles. The highest BCUT2D eigenvalue weighted by Crippen LogP contribution is 2.18. The summed E-state index contributed by atoms with van der Waals surface area (Å²) in [5.74, 6) is 0.137. The Morgan fingerprint density at radius 3 is 2.50 bits per heavy atom. The van der Waals surface area contributed by atoms with Gasteiger partial charge in [-0.05, 0) is 23.8 Å². The fourth-order valence-electron chi connectivity index (χ4n) is 0.935. The number of rotatable bonds is 7. The van der Waals surface area contributed by atoms with E-state index in [4.69, 9.17) is 5.53 Å². The van der Waals surface area contributed by atoms with Crippen LogP contribution in [-0.4, -0.2) is 27.3 Å². The van der Waals surface area contributed by atoms with Crippen molar-refractivity contribution in [3.63, 3.8) is 0 Å². The van der Waals surface area contributed by atoms with Gasteiger partial charge in [0.15, 0.2) is 0 Å². The molecule has 0 spiro atoms. The number of sulfonamides is 1. The van der Waals surface area contributed by atoms with Gasteiger partial charge in [-0.25, -0.2) is 13.1 Å². The lowest BCUT2D eigenvalue weighted by molar-refractivity contribution is 0.396. The molecule has 0 aliphatic rings. The van der Waals surface area contributed by atoms with Gasteiger partial charge >= 0.3 is 0 Å². The topological polar surface area (TPSA) is 94.9 Å². The minimum atomic E-state index is -3.19. The van der Waals surface area contributed by atoms with Gasteiger partial charge in [0.05, 0.1) is 5.75 Å². The SMILES string of the molecule is CC(C)(C)CCS(=O)(=O)NCCCN=[N+]=[N-]. The molecule has 0 radical (unpaired) electrons. The van der Waals surface area contributed by atoms with E-state index in [1.165, 1.54) is 0 Å². The summed E-state index contributed by atoms with van der Waals surface area (Å²) < 4.78 is 25.5. The number of azide groups is 1. The third-order valence-corrected chi connectivity index (χ3v) is 3.33. The van der Waals surface area contributed by atoms with Crippen LogP contribution in [-0.2, 0) is 10.0 Å². The van der Waals surface area contributed by atoms with E-state index in [2.05, 4.69) is 14.7 Å². The van der Waals surface area contributed by atoms with Crippen LogP contribution in [0, 0.1) is 5.41 Å². The summed E-state index contributed by atoms with van der Waals surface area (Å²) in [5, 5.41) is 3.32. The van der Waals surface area contributed by atoms with Gasteiger partial charge in [0, 0.05) is 18.0 Å². The molecule has 0 atom stereocenters. The van der Waals surface area contributed by atoms with Crippen LogP contribution in [0.1, 0.15) is 33.6 Å². The molecule has 0 aromatic rings. The van der Waals surface area contributed by atoms with Crippen molar-refractivity contribution >= 4 is 10.0 Å². The molecule has 0 aromatic carbocycles. The van der Waals surface area contributed by atoms with Crippen LogP contribution >= 0.6 is 0 Å². The molecule has 0 amide bonds. The Labute approximate surface area is 97.1 Å². The van der Waals surface area contributed by atoms with Gasteiger partial charge in [0.25, 0.3) is 0 Å². The van der Waals surface area contributed by atoms with Crippen LogP contribution < -0.4 is 4.72 Å². The maximum Gasteiger partial charge on any atom is 0.211 e. The van der Waals surface area contributed by atoms with Gasteiger partial charge in [-0.1, -0.05) is 25.9 Å². The second-order valence-corrected chi connectivity index (χ2v) is 6.76. The van der Waals surface area contributed by atoms with Crippen LogP contribution in [0.3, 0.4) is 0 Å². The first kappa shape index (κ1) is 15.2. The Morgan fingerprint density at radius 2 is 2.00 bits per heavy atom. The summed E-state index contributed by atoms with van der Waals surface area (Å²) in [6.45, 7) is 6.66. The molecule has 0 heterocycles. The molecule has 0 saturated heterocycles. The molecule has 16 heavy (non-hydrogen) atoms. The van der Waals surface area contributed by atoms with Gasteiger partial charge < -0.3 is 0 Å². The van der Waals surface area contributed by atoms with Gasteiger partial charge in [0.2, 0.25) is 10.0 Å². The average molecular weight is 248 g/mol. The zero-order chi connectivity index (χ0) is 12.7. The predicted octanol–water partition coefficient (Wildman–Crippen LogP) is 2.04. The fourth-order valence-corrected chi connectivity index (χ4v) is 2.42. The minimum absolute atomic E-state index is 0.0137. The highest BCUT2D eigenvalue weighted by molar-refractivity contribution is 7.89. The quantitative estimate of drug-likeness (QED) is 0.323. The normalized spacial score (nSPS) is 12.2. The number of nitrogens with zero attached hydrogens (tertiary/aromatic N) is 3. The van der Waals surface area contributed by atoms with E-state index in [9.17, 15) is 8.42 Å². The van der Waals surface area contributed by atoms with E-state index >= 15 is 0 Å². The Kier molecular flexibility index (Phi) is 6.40. The molecular formula is C9H20N4O2S. The zero-order valence-electron chi connectivity index (χ0n) is 10.1. The monoisotopic (exact) mass is 248 g/mol. The van der Waals surface area contributed by atoms with Gasteiger partial charge in [0.1, 0.15) is 0 Å². The highest BCUT2D eigenvalue weighted by Gasteiger charge is 2.16. The van der Waals surface area contributed by atoms with Crippen molar-refractivity contribution in [2.75, 3.05) is 18.8 Å². The van der Waals surface area contributed by atoms with Crippen LogP contribution in [0.5, 0.6) is 0 Å². The van der Waals surface area contributed by atoms with Crippen molar-refractivity contribution in [2.45, 2.75) is 33.6 Å². The molecule has 0 bridgehead atoms. The summed E-state index contributed by atoms with van der Waals surface area (Å²) in [6, 6.07) is 0. The predicted molar refractivity (Wildman–Crippen MR) is 64.5 cm³/mol. The first-order valence-electron chi connectivity index (χ1n) is 5.25. The van der Waals surface area contributed by atoms with E-state index in [1.807, 2.05) is 20.8 Å². The lowest BCUT2D eigenvalue weighted by Gasteiger charge is -2.17. The lowest BCUT2D eigenvalue weighted by atomic mass is 9.94. The number of hydrogen-bond donors (Lipinski definition) is 1. The van der Waals surface area contributed by atoms with Crippen molar-refractivity contribution in [3.8, 4) is 0 Å². The molecule has 0 unspecified atom stereocenters. The molecule has 0 rings (SSSR count). The highest BCUT2D eigenvalue weighted by atomic mass is 32.2. The second-order valence-electron chi connectivity index (χ2n) is 4.83. The van der Waals surface area contributed by atoms with E-state index in [0.29, 0.717) is 25.9 Å². The molecule has 94 valence electrons. The van der Waals surface area contributed by atoms with E-state index in [-0.39, 0.29) is 11.2 Å². The van der Waals surface area contributed by atoms with Gasteiger partial charge in [-0.2, -0.15) is 0 Å². The van der Waals surface area contributed by atoms with Crippen molar-refractivity contribution in [1.29, 1.82) is 0 Å². The second kappa shape index (κ2) is 6.73. The van der Waals surface area contributed by atoms with Crippen LogP contribution in [0.15, 0.2) is 5.11 Å². The zero-order valence-corrected chi connectivity index (χ0v) is 10.9. The molecule has 7 heteroatoms. The molecule has 0 fully saturated rings. The summed E-state index contributed by atoms with van der Waals surface area (Å²) in [5.41, 5.74) is 8.03. The summed E-state index contributed by atoms with van der Waals surface area (Å²) in [6.07, 6.45) is 1.15. The first-order chi connectivity index (χ1) is 7.27. The van der Waals surface area contributed by atoms with Crippen LogP contribution in [0.25, 0.3) is 10.4 Å². The summed E-state index contributed by atoms with van der Waals surface area (Å²) in [7, 11) is -3.19. The average Bonchev–Trinajstić information content (AvgIpc) is 2.14. The van der Waals surface area contributed by atoms with Gasteiger partial charge in [-0.3, -0.25) is 0 Å². The Bertz CT molecular complexity index is 339. The number of hydrogen-bond acceptors (Lipinski definition) is 3. The van der Waals surface area contributed by atoms with Gasteiger partial charge in [-0.15, -0.1) is 0 Å². The number of nitrogens with one attached hydrogen (secondary N) is 1. The minimum Gasteiger partial charge on any atom is -0.215 e. The summed E-state index contributed by atoms with van der Waals surface area (Å²) in [4.78, 5) is 2.59. The Morgan fingerprint density at radius 1 is 1.38 bits per heavy atom. The van der Waals surface area contributed by atoms with E-state index in [0.717, 1.165) is 0 Å². The molecule has 0 saturated carbocycles. The van der Waals surface area contributed by atoms with Crippen molar-refractivity contribution in [2.24, 2.45) is 10.5 Å². The maximum absolute atomic E-state index is 11.5. The maximum atomic E-state index is 11.5. The van der Waals surface area contributed by atoms with E-state index in [1.54, 1.807) is 0 Å². The van der Waals surface area contributed by atoms with E-state index < -0.39 is 10.0 Å². The fraction of sp³-hybridized carbons (Fsp3) is 1.00. The van der Waals surface area contributed by atoms with Crippen molar-refractivity contribution in [1.82, 2.24) is 4.72 Å². The Hall–Kier alpha value is -0.780. The molecule has 1 N–H and O–H groups in total. The first-order valence-corrected chi connectivity index (χ1v) is 6.90. The molecule has 0 aromatic heterocycles. The smallest absolute Gasteiger partial charge is 0.211 e. The Balaban J connectivity index is 3.84. The van der Waals surface area contributed by atoms with Crippen LogP contribution in [0.4, 0.5) is 0 Å². The van der Waals surface area contributed by atoms with Crippen molar-refractivity contribution < 1.29 is 8.42 Å². The lowest BCUT2D eigenvalue weighted by Crippen LogP contribution is -2.29. The summed E-state index contributed by atoms with van der Waals surface area (Å²) >= 11 is 0. The third kappa shape index (κ3) is 9.76. The standard InChI is InChI=1S/C9H20N4O2S/c1-9(2,3)5-8-16(14,15)12-7-4-6-11-13-10/h12H,4-8H2,1-3H3. The van der Waals surface area contributed by atoms with Crippen molar-refractivity contribution in [3.05, 3.63) is 10.4 Å². The third-order valence-electron chi connectivity index (χ3n) is 1.94. The van der Waals surface area contributed by atoms with Crippen LogP contribution in [0.2, 0.25) is 0 Å². The molecule has 0 aliphatic carbocycles. The molecule has 6 nitrogen and oxygen atoms in total. The molecular weight excluding hydrogens is 228 g/mol.